The molecule has 0 atom stereocenters. The molecule has 12 heterocycles. The van der Waals surface area contributed by atoms with Crippen LogP contribution in [0, 0.1) is 0 Å². The van der Waals surface area contributed by atoms with E-state index in [9.17, 15) is 47.9 Å². The van der Waals surface area contributed by atoms with E-state index in [1.54, 1.807) is 65.4 Å². The number of anilines is 4. The van der Waals surface area contributed by atoms with Crippen molar-refractivity contribution < 1.29 is 19.2 Å². The normalized spacial score (nSPS) is 10.3. The Kier molecular flexibility index (Phi) is 38.2. The Labute approximate surface area is 638 Å². The highest BCUT2D eigenvalue weighted by Gasteiger charge is 2.20. The molecule has 0 radical (unpaired) electrons. The maximum absolute atomic E-state index is 13.0. The SMILES string of the molecule is Br.BrCc1ccccn1.C.C.C.Cn1c(=O)[nH]c(=O)c2c1ncn2CC(=O)Nc1csc(Br)n1.Cn1c(=O)n(Cc2ccccn2)c(=O)c2c1ncn2CC(=O)Nc1csc(Br)n1.Cn1c2c(c(=O)[nH]c1=O)CC=N2.Nc1csc(Br)n1.O=C(CCl)Nc1csc(Br)n1.O=C(Cl)CCl. The van der Waals surface area contributed by atoms with Gasteiger partial charge in [0, 0.05) is 73.0 Å². The third-order valence-corrected chi connectivity index (χ3v) is 18.2. The molecule has 0 spiro atoms. The van der Waals surface area contributed by atoms with Crippen LogP contribution in [0.15, 0.2) is 132 Å². The van der Waals surface area contributed by atoms with Crippen molar-refractivity contribution in [3.8, 4) is 0 Å². The second kappa shape index (κ2) is 42.9. The van der Waals surface area contributed by atoms with E-state index in [1.165, 1.54) is 94.9 Å². The van der Waals surface area contributed by atoms with E-state index < -0.39 is 33.4 Å². The van der Waals surface area contributed by atoms with Gasteiger partial charge in [0.25, 0.3) is 16.7 Å². The number of nitrogen functional groups attached to an aromatic ring is 1. The average molecular weight is 1880 g/mol. The van der Waals surface area contributed by atoms with Crippen molar-refractivity contribution in [2.45, 2.75) is 53.7 Å². The maximum Gasteiger partial charge on any atom is 0.332 e. The minimum absolute atomic E-state index is 0. The molecule has 0 saturated carbocycles. The summed E-state index contributed by atoms with van der Waals surface area (Å²) in [6, 6.07) is 11.1. The van der Waals surface area contributed by atoms with E-state index in [0.717, 1.165) is 23.4 Å². The Bertz CT molecular complexity index is 4840. The summed E-state index contributed by atoms with van der Waals surface area (Å²) in [5, 5.41) is 15.0. The summed E-state index contributed by atoms with van der Waals surface area (Å²) < 4.78 is 10.6. The smallest absolute Gasteiger partial charge is 0.332 e. The van der Waals surface area contributed by atoms with Crippen molar-refractivity contribution in [2.24, 2.45) is 26.1 Å². The largest absolute Gasteiger partial charge is 0.383 e. The molecule has 0 aromatic carbocycles. The first-order valence-electron chi connectivity index (χ1n) is 25.7. The van der Waals surface area contributed by atoms with Gasteiger partial charge in [-0.3, -0.25) is 71.8 Å². The maximum atomic E-state index is 13.0. The Morgan fingerprint density at radius 1 is 0.602 bits per heavy atom. The topological polar surface area (TPSA) is 409 Å². The molecule has 11 aromatic rings. The molecule has 526 valence electrons. The summed E-state index contributed by atoms with van der Waals surface area (Å²) in [4.78, 5) is 156. The number of nitrogens with one attached hydrogen (secondary N) is 5. The van der Waals surface area contributed by atoms with Gasteiger partial charge in [-0.1, -0.05) is 50.3 Å². The fraction of sp³-hybridized carbons (Fsp3) is 0.241. The first kappa shape index (κ1) is 87.2. The molecule has 0 unspecified atom stereocenters. The Balaban J connectivity index is 0.000000418. The van der Waals surface area contributed by atoms with Gasteiger partial charge in [0.05, 0.1) is 42.0 Å². The fourth-order valence-electron chi connectivity index (χ4n) is 7.29. The molecule has 1 aliphatic rings. The van der Waals surface area contributed by atoms with Gasteiger partial charge in [-0.05, 0) is 99.6 Å². The van der Waals surface area contributed by atoms with E-state index in [4.69, 9.17) is 40.5 Å². The number of aryl methyl sites for hydroxylation is 2. The molecule has 31 nitrogen and oxygen atoms in total. The van der Waals surface area contributed by atoms with Gasteiger partial charge in [0.1, 0.15) is 48.1 Å². The Morgan fingerprint density at radius 3 is 1.46 bits per heavy atom. The summed E-state index contributed by atoms with van der Waals surface area (Å²) in [6.07, 6.45) is 8.23. The number of aliphatic imine (C=N–C) groups is 1. The van der Waals surface area contributed by atoms with Crippen LogP contribution in [-0.4, -0.2) is 118 Å². The summed E-state index contributed by atoms with van der Waals surface area (Å²) >= 11 is 36.4. The van der Waals surface area contributed by atoms with Gasteiger partial charge < -0.3 is 30.8 Å². The van der Waals surface area contributed by atoms with Gasteiger partial charge in [0.2, 0.25) is 23.0 Å². The van der Waals surface area contributed by atoms with Crippen LogP contribution in [0.5, 0.6) is 0 Å². The number of nitrogens with zero attached hydrogens (tertiary/aromatic N) is 15. The van der Waals surface area contributed by atoms with Crippen LogP contribution >= 0.6 is 177 Å². The predicted molar refractivity (Wildman–Crippen MR) is 412 cm³/mol. The number of alkyl halides is 3. The Hall–Kier alpha value is -6.90. The highest BCUT2D eigenvalue weighted by Crippen LogP contribution is 2.22. The van der Waals surface area contributed by atoms with Crippen molar-refractivity contribution in [1.82, 2.24) is 77.2 Å². The number of amides is 3. The number of carbonyl (C=O) groups excluding carboxylic acids is 4. The van der Waals surface area contributed by atoms with Gasteiger partial charge in [-0.2, -0.15) is 0 Å². The molecule has 44 heteroatoms. The van der Waals surface area contributed by atoms with Crippen molar-refractivity contribution in [3.05, 3.63) is 178 Å². The number of nitrogens with two attached hydrogens (primary N) is 1. The third kappa shape index (κ3) is 26.0. The number of aromatic nitrogens is 16. The molecule has 98 heavy (non-hydrogen) atoms. The summed E-state index contributed by atoms with van der Waals surface area (Å²) in [7, 11) is 4.60. The van der Waals surface area contributed by atoms with Gasteiger partial charge >= 0.3 is 17.1 Å². The van der Waals surface area contributed by atoms with Crippen LogP contribution in [-0.2, 0) is 71.7 Å². The zero-order valence-corrected chi connectivity index (χ0v) is 63.7. The highest BCUT2D eigenvalue weighted by molar-refractivity contribution is 9.11. The predicted octanol–water partition coefficient (Wildman–Crippen LogP) is 9.83. The summed E-state index contributed by atoms with van der Waals surface area (Å²) in [6.45, 7) is -0.248. The number of rotatable bonds is 12. The van der Waals surface area contributed by atoms with Crippen molar-refractivity contribution >= 4 is 257 Å². The lowest BCUT2D eigenvalue weighted by molar-refractivity contribution is -0.117. The molecular formula is C54H58Br6Cl3N21O10S4. The minimum atomic E-state index is -0.584. The number of H-pyrrole nitrogens is 2. The fourth-order valence-corrected chi connectivity index (χ4v) is 11.4. The molecule has 7 N–H and O–H groups in total. The standard InChI is InChI=1S/C17H14BrN7O3S.C11H9BrN6O3S.C7H7N3O2.C6H6BrN.C5H4BrClN2OS.C3H3BrN2S.C2H2Cl2O.3CH4.BrH/c1-23-14-13(15(27)25(17(23)28)6-10-4-2-3-5-19-10)24(9-20-14)7-12(26)21-11-8-29-16(18)22-11;1-17-8-7(9(20)16-11(17)21)18(4-13-8)2-6(19)14-5-3-22-10(12)15-5;1-10-5-4(2-3-8-5)6(11)9-7(10)12;7-5-6-3-1-2-4-8-6;6-5-9-3(2-11-5)8-4(10)1-7;4-3-6-2(5)1-7-3;3-1-2(4)5;;;;/h2-5,8-9H,6-7H2,1H3,(H,21,26);3-4H,2H2,1H3,(H,14,19)(H,16,20,21);3H,2H2,1H3,(H,9,11,12);1-4H,5H2;2H,1H2,(H,8,10);1H,5H2;1H2;3*1H4;1H. The van der Waals surface area contributed by atoms with Crippen LogP contribution in [0.4, 0.5) is 29.1 Å². The highest BCUT2D eigenvalue weighted by atomic mass is 79.9. The number of halogens is 9. The zero-order valence-electron chi connectivity index (χ0n) is 48.5. The van der Waals surface area contributed by atoms with Crippen molar-refractivity contribution in [3.63, 3.8) is 0 Å². The van der Waals surface area contributed by atoms with E-state index >= 15 is 0 Å². The van der Waals surface area contributed by atoms with Crippen molar-refractivity contribution in [1.29, 1.82) is 0 Å². The quantitative estimate of drug-likeness (QED) is 0.0489. The van der Waals surface area contributed by atoms with Crippen LogP contribution in [0.2, 0.25) is 0 Å². The second-order valence-electron chi connectivity index (χ2n) is 17.8. The zero-order chi connectivity index (χ0) is 68.8. The van der Waals surface area contributed by atoms with Crippen molar-refractivity contribution in [2.75, 3.05) is 33.4 Å². The monoisotopic (exact) mass is 1870 g/mol. The van der Waals surface area contributed by atoms with Crippen LogP contribution < -0.4 is 55.4 Å². The average Bonchev–Trinajstić information content (AvgIpc) is 1.55. The van der Waals surface area contributed by atoms with Gasteiger partial charge in [0.15, 0.2) is 38.0 Å². The second-order valence-corrected chi connectivity index (χ2v) is 27.9. The molecule has 0 fully saturated rings. The first-order chi connectivity index (χ1) is 44.8. The van der Waals surface area contributed by atoms with E-state index in [2.05, 4.69) is 150 Å². The number of aromatic amines is 2. The molecule has 0 bridgehead atoms. The first-order valence-corrected chi connectivity index (χ1v) is 35.0. The molecule has 0 aliphatic carbocycles. The third-order valence-electron chi connectivity index (χ3n) is 11.4. The number of imidazole rings is 2. The lowest BCUT2D eigenvalue weighted by atomic mass is 10.2. The minimum Gasteiger partial charge on any atom is -0.383 e. The van der Waals surface area contributed by atoms with Crippen LogP contribution in [0.3, 0.4) is 0 Å². The van der Waals surface area contributed by atoms with Gasteiger partial charge in [-0.25, -0.2) is 49.3 Å². The molecule has 11 aromatic heterocycles. The number of hydrogen-bond donors (Lipinski definition) is 6. The lowest BCUT2D eigenvalue weighted by Crippen LogP contribution is -2.40. The number of carbonyl (C=O) groups is 4. The molecule has 3 amide bonds. The summed E-state index contributed by atoms with van der Waals surface area (Å²) in [5.41, 5.74) is 5.30. The number of fused-ring (bicyclic) bond motifs is 3. The lowest BCUT2D eigenvalue weighted by Gasteiger charge is -2.09. The number of hydrogen-bond acceptors (Lipinski definition) is 24. The van der Waals surface area contributed by atoms with E-state index in [0.29, 0.717) is 54.6 Å². The summed E-state index contributed by atoms with van der Waals surface area (Å²) in [5.74, 6) is 1.31. The molecule has 1 aliphatic heterocycles. The van der Waals surface area contributed by atoms with E-state index in [-0.39, 0.29) is 116 Å². The molecule has 0 saturated heterocycles. The molecular weight excluding hydrogens is 1820 g/mol. The molecule has 12 rings (SSSR count). The number of thiazole rings is 4. The Morgan fingerprint density at radius 2 is 1.05 bits per heavy atom. The van der Waals surface area contributed by atoms with Crippen LogP contribution in [0.25, 0.3) is 22.3 Å². The number of pyridine rings is 2. The van der Waals surface area contributed by atoms with Crippen LogP contribution in [0.1, 0.15) is 39.2 Å². The van der Waals surface area contributed by atoms with E-state index in [1.807, 2.05) is 18.2 Å². The van der Waals surface area contributed by atoms with Gasteiger partial charge in [-0.15, -0.1) is 85.5 Å².